The number of amides is 2. The van der Waals surface area contributed by atoms with Gasteiger partial charge in [-0.25, -0.2) is 8.42 Å². The Bertz CT molecular complexity index is 860. The summed E-state index contributed by atoms with van der Waals surface area (Å²) >= 11 is 0. The summed E-state index contributed by atoms with van der Waals surface area (Å²) in [6, 6.07) is 5.15. The molecule has 0 aliphatic carbocycles. The van der Waals surface area contributed by atoms with Gasteiger partial charge in [-0.15, -0.1) is 0 Å². The molecular formula is C21H34N4O4S. The predicted molar refractivity (Wildman–Crippen MR) is 117 cm³/mol. The van der Waals surface area contributed by atoms with Gasteiger partial charge in [0.05, 0.1) is 18.0 Å². The number of piperazine rings is 1. The Morgan fingerprint density at radius 2 is 1.57 bits per heavy atom. The maximum absolute atomic E-state index is 12.9. The molecule has 2 rings (SSSR count). The van der Waals surface area contributed by atoms with Gasteiger partial charge in [-0.3, -0.25) is 14.5 Å². The minimum Gasteiger partial charge on any atom is -0.342 e. The standard InChI is InChI=1S/C21H34N4O4S/c1-6-23(7-2)20(26)15-22(5)16-21(27)24-10-12-25(13-11-24)30(28,29)19-9-8-17(3)18(4)14-19/h8-9,14H,6-7,10-13,15-16H2,1-5H3. The summed E-state index contributed by atoms with van der Waals surface area (Å²) < 4.78 is 27.3. The van der Waals surface area contributed by atoms with Gasteiger partial charge in [0.25, 0.3) is 0 Å². The van der Waals surface area contributed by atoms with Gasteiger partial charge in [-0.05, 0) is 58.0 Å². The molecule has 0 radical (unpaired) electrons. The van der Waals surface area contributed by atoms with E-state index in [1.54, 1.807) is 33.9 Å². The number of aryl methyl sites for hydroxylation is 2. The van der Waals surface area contributed by atoms with Crippen LogP contribution in [0.2, 0.25) is 0 Å². The zero-order chi connectivity index (χ0) is 22.5. The largest absolute Gasteiger partial charge is 0.342 e. The SMILES string of the molecule is CCN(CC)C(=O)CN(C)CC(=O)N1CCN(S(=O)(=O)c2ccc(C)c(C)c2)CC1. The second-order valence-electron chi connectivity index (χ2n) is 7.77. The number of carbonyl (C=O) groups excluding carboxylic acids is 2. The summed E-state index contributed by atoms with van der Waals surface area (Å²) in [6.45, 7) is 10.5. The predicted octanol–water partition coefficient (Wildman–Crippen LogP) is 0.937. The van der Waals surface area contributed by atoms with Crippen LogP contribution in [-0.4, -0.2) is 98.6 Å². The quantitative estimate of drug-likeness (QED) is 0.603. The first kappa shape index (κ1) is 24.3. The summed E-state index contributed by atoms with van der Waals surface area (Å²) in [5.74, 6) is -0.0901. The summed E-state index contributed by atoms with van der Waals surface area (Å²) in [5, 5.41) is 0. The monoisotopic (exact) mass is 438 g/mol. The number of rotatable bonds is 8. The second kappa shape index (κ2) is 10.4. The smallest absolute Gasteiger partial charge is 0.243 e. The normalized spacial score (nSPS) is 15.5. The average molecular weight is 439 g/mol. The molecular weight excluding hydrogens is 404 g/mol. The first-order valence-electron chi connectivity index (χ1n) is 10.4. The van der Waals surface area contributed by atoms with Crippen LogP contribution >= 0.6 is 0 Å². The first-order valence-corrected chi connectivity index (χ1v) is 11.9. The van der Waals surface area contributed by atoms with Crippen LogP contribution in [0.15, 0.2) is 23.1 Å². The minimum absolute atomic E-state index is 0.000367. The van der Waals surface area contributed by atoms with E-state index >= 15 is 0 Å². The van der Waals surface area contributed by atoms with E-state index in [9.17, 15) is 18.0 Å². The third kappa shape index (κ3) is 5.80. The summed E-state index contributed by atoms with van der Waals surface area (Å²) in [4.78, 5) is 30.2. The maximum Gasteiger partial charge on any atom is 0.243 e. The van der Waals surface area contributed by atoms with Gasteiger partial charge in [-0.1, -0.05) is 6.07 Å². The van der Waals surface area contributed by atoms with Crippen molar-refractivity contribution in [2.75, 3.05) is 59.4 Å². The van der Waals surface area contributed by atoms with E-state index in [2.05, 4.69) is 0 Å². The lowest BCUT2D eigenvalue weighted by Gasteiger charge is -2.35. The number of hydrogen-bond donors (Lipinski definition) is 0. The van der Waals surface area contributed by atoms with Crippen molar-refractivity contribution in [2.45, 2.75) is 32.6 Å². The lowest BCUT2D eigenvalue weighted by atomic mass is 10.1. The van der Waals surface area contributed by atoms with Gasteiger partial charge in [0.2, 0.25) is 21.8 Å². The van der Waals surface area contributed by atoms with Gasteiger partial charge in [0.15, 0.2) is 0 Å². The van der Waals surface area contributed by atoms with E-state index in [1.165, 1.54) is 4.31 Å². The molecule has 0 N–H and O–H groups in total. The molecule has 1 aromatic rings. The van der Waals surface area contributed by atoms with E-state index in [-0.39, 0.29) is 38.0 Å². The van der Waals surface area contributed by atoms with Gasteiger partial charge in [0, 0.05) is 39.3 Å². The third-order valence-corrected chi connectivity index (χ3v) is 7.53. The highest BCUT2D eigenvalue weighted by atomic mass is 32.2. The lowest BCUT2D eigenvalue weighted by Crippen LogP contribution is -2.52. The Morgan fingerprint density at radius 3 is 2.10 bits per heavy atom. The third-order valence-electron chi connectivity index (χ3n) is 5.63. The van der Waals surface area contributed by atoms with Crippen LogP contribution in [0, 0.1) is 13.8 Å². The highest BCUT2D eigenvalue weighted by Crippen LogP contribution is 2.20. The fraction of sp³-hybridized carbons (Fsp3) is 0.619. The van der Waals surface area contributed by atoms with Crippen LogP contribution in [0.1, 0.15) is 25.0 Å². The van der Waals surface area contributed by atoms with Gasteiger partial charge < -0.3 is 9.80 Å². The Balaban J connectivity index is 1.90. The number of carbonyl (C=O) groups is 2. The Kier molecular flexibility index (Phi) is 8.40. The number of benzene rings is 1. The lowest BCUT2D eigenvalue weighted by molar-refractivity contribution is -0.135. The topological polar surface area (TPSA) is 81.2 Å². The average Bonchev–Trinajstić information content (AvgIpc) is 2.70. The van der Waals surface area contributed by atoms with Crippen LogP contribution in [0.5, 0.6) is 0 Å². The van der Waals surface area contributed by atoms with Crippen molar-refractivity contribution in [1.29, 1.82) is 0 Å². The van der Waals surface area contributed by atoms with Crippen LogP contribution < -0.4 is 0 Å². The van der Waals surface area contributed by atoms with Crippen LogP contribution in [-0.2, 0) is 19.6 Å². The molecule has 1 aromatic carbocycles. The van der Waals surface area contributed by atoms with Crippen molar-refractivity contribution in [3.8, 4) is 0 Å². The molecule has 1 aliphatic heterocycles. The fourth-order valence-corrected chi connectivity index (χ4v) is 5.00. The molecule has 0 atom stereocenters. The van der Waals surface area contributed by atoms with Crippen molar-refractivity contribution in [1.82, 2.24) is 19.0 Å². The van der Waals surface area contributed by atoms with Crippen molar-refractivity contribution in [3.05, 3.63) is 29.3 Å². The number of likely N-dealkylation sites (N-methyl/N-ethyl adjacent to an activating group) is 2. The molecule has 0 spiro atoms. The highest BCUT2D eigenvalue weighted by molar-refractivity contribution is 7.89. The highest BCUT2D eigenvalue weighted by Gasteiger charge is 2.30. The molecule has 0 unspecified atom stereocenters. The first-order chi connectivity index (χ1) is 14.1. The van der Waals surface area contributed by atoms with Gasteiger partial charge >= 0.3 is 0 Å². The zero-order valence-electron chi connectivity index (χ0n) is 18.7. The van der Waals surface area contributed by atoms with Gasteiger partial charge in [-0.2, -0.15) is 4.31 Å². The molecule has 1 aliphatic rings. The number of nitrogens with zero attached hydrogens (tertiary/aromatic N) is 4. The fourth-order valence-electron chi connectivity index (χ4n) is 3.50. The van der Waals surface area contributed by atoms with Gasteiger partial charge in [0.1, 0.15) is 0 Å². The van der Waals surface area contributed by atoms with E-state index in [1.807, 2.05) is 33.8 Å². The Labute approximate surface area is 180 Å². The zero-order valence-corrected chi connectivity index (χ0v) is 19.5. The molecule has 1 saturated heterocycles. The van der Waals surface area contributed by atoms with Crippen molar-refractivity contribution >= 4 is 21.8 Å². The summed E-state index contributed by atoms with van der Waals surface area (Å²) in [5.41, 5.74) is 1.99. The Hall–Kier alpha value is -1.97. The van der Waals surface area contributed by atoms with Crippen molar-refractivity contribution in [3.63, 3.8) is 0 Å². The van der Waals surface area contributed by atoms with Crippen molar-refractivity contribution in [2.24, 2.45) is 0 Å². The number of hydrogen-bond acceptors (Lipinski definition) is 5. The molecule has 0 aromatic heterocycles. The Morgan fingerprint density at radius 1 is 0.967 bits per heavy atom. The molecule has 1 fully saturated rings. The minimum atomic E-state index is -3.57. The number of sulfonamides is 1. The summed E-state index contributed by atoms with van der Waals surface area (Å²) in [6.07, 6.45) is 0. The molecule has 168 valence electrons. The summed E-state index contributed by atoms with van der Waals surface area (Å²) in [7, 11) is -1.82. The molecule has 1 heterocycles. The molecule has 0 bridgehead atoms. The molecule has 30 heavy (non-hydrogen) atoms. The van der Waals surface area contributed by atoms with Crippen LogP contribution in [0.25, 0.3) is 0 Å². The molecule has 8 nitrogen and oxygen atoms in total. The van der Waals surface area contributed by atoms with Crippen LogP contribution in [0.4, 0.5) is 0 Å². The van der Waals surface area contributed by atoms with E-state index in [0.29, 0.717) is 31.1 Å². The van der Waals surface area contributed by atoms with E-state index in [0.717, 1.165) is 11.1 Å². The molecule has 9 heteroatoms. The molecule has 2 amide bonds. The van der Waals surface area contributed by atoms with E-state index < -0.39 is 10.0 Å². The van der Waals surface area contributed by atoms with Crippen molar-refractivity contribution < 1.29 is 18.0 Å². The van der Waals surface area contributed by atoms with E-state index in [4.69, 9.17) is 0 Å². The maximum atomic E-state index is 12.9. The molecule has 0 saturated carbocycles. The van der Waals surface area contributed by atoms with Crippen LogP contribution in [0.3, 0.4) is 0 Å². The second-order valence-corrected chi connectivity index (χ2v) is 9.71.